The molecule has 1 aromatic heterocycles. The van der Waals surface area contributed by atoms with Crippen LogP contribution in [0.15, 0.2) is 6.07 Å². The van der Waals surface area contributed by atoms with Crippen molar-refractivity contribution in [2.24, 2.45) is 24.8 Å². The summed E-state index contributed by atoms with van der Waals surface area (Å²) < 4.78 is 2.05. The van der Waals surface area contributed by atoms with Crippen molar-refractivity contribution in [3.05, 3.63) is 17.5 Å². The molecule has 0 amide bonds. The third-order valence-electron chi connectivity index (χ3n) is 5.21. The number of aromatic nitrogens is 2. The highest BCUT2D eigenvalue weighted by Gasteiger charge is 2.42. The number of nitrogens with zero attached hydrogens (tertiary/aromatic N) is 2. The lowest BCUT2D eigenvalue weighted by molar-refractivity contribution is 0.253. The Morgan fingerprint density at radius 2 is 2.28 bits per heavy atom. The summed E-state index contributed by atoms with van der Waals surface area (Å²) in [4.78, 5) is 0. The van der Waals surface area contributed by atoms with Crippen LogP contribution in [0.1, 0.15) is 37.1 Å². The molecule has 0 aliphatic heterocycles. The molecule has 1 aromatic rings. The van der Waals surface area contributed by atoms with Gasteiger partial charge in [0, 0.05) is 25.2 Å². The molecule has 3 rings (SSSR count). The fraction of sp³-hybridized carbons (Fsp3) is 0.800. The highest BCUT2D eigenvalue weighted by atomic mass is 15.3. The summed E-state index contributed by atoms with van der Waals surface area (Å²) in [6.45, 7) is 2.08. The summed E-state index contributed by atoms with van der Waals surface area (Å²) in [5.74, 6) is 2.91. The van der Waals surface area contributed by atoms with Crippen molar-refractivity contribution in [1.29, 1.82) is 0 Å². The molecule has 0 saturated heterocycles. The molecule has 1 N–H and O–H groups in total. The van der Waals surface area contributed by atoms with Gasteiger partial charge in [-0.3, -0.25) is 4.68 Å². The predicted molar refractivity (Wildman–Crippen MR) is 73.4 cm³/mol. The van der Waals surface area contributed by atoms with E-state index < -0.39 is 0 Å². The first kappa shape index (κ1) is 12.2. The normalized spacial score (nSPS) is 32.1. The molecule has 4 atom stereocenters. The van der Waals surface area contributed by atoms with Gasteiger partial charge in [0.05, 0.1) is 5.69 Å². The molecule has 2 saturated carbocycles. The summed E-state index contributed by atoms with van der Waals surface area (Å²) >= 11 is 0. The Labute approximate surface area is 110 Å². The average molecular weight is 247 g/mol. The van der Waals surface area contributed by atoms with E-state index in [2.05, 4.69) is 37.5 Å². The zero-order valence-corrected chi connectivity index (χ0v) is 11.8. The molecular weight excluding hydrogens is 222 g/mol. The smallest absolute Gasteiger partial charge is 0.0596 e. The first-order chi connectivity index (χ1) is 8.67. The Balaban J connectivity index is 1.71. The molecule has 0 aromatic carbocycles. The fourth-order valence-corrected chi connectivity index (χ4v) is 4.33. The van der Waals surface area contributed by atoms with Crippen molar-refractivity contribution < 1.29 is 0 Å². The number of hydrogen-bond donors (Lipinski definition) is 1. The third-order valence-corrected chi connectivity index (χ3v) is 5.21. The van der Waals surface area contributed by atoms with Gasteiger partial charge in [-0.15, -0.1) is 0 Å². The molecule has 3 heteroatoms. The van der Waals surface area contributed by atoms with Crippen LogP contribution in [0.25, 0.3) is 0 Å². The van der Waals surface area contributed by atoms with Gasteiger partial charge >= 0.3 is 0 Å². The van der Waals surface area contributed by atoms with Crippen LogP contribution < -0.4 is 5.32 Å². The molecule has 18 heavy (non-hydrogen) atoms. The number of aryl methyl sites for hydroxylation is 2. The van der Waals surface area contributed by atoms with E-state index in [4.69, 9.17) is 0 Å². The number of nitrogens with one attached hydrogen (secondary N) is 1. The van der Waals surface area contributed by atoms with E-state index in [-0.39, 0.29) is 0 Å². The highest BCUT2D eigenvalue weighted by molar-refractivity contribution is 5.11. The second-order valence-corrected chi connectivity index (χ2v) is 6.34. The van der Waals surface area contributed by atoms with E-state index in [0.717, 1.165) is 29.9 Å². The highest BCUT2D eigenvalue weighted by Crippen LogP contribution is 2.49. The molecule has 2 aliphatic rings. The molecular formula is C15H25N3. The zero-order valence-electron chi connectivity index (χ0n) is 11.8. The molecule has 0 spiro atoms. The van der Waals surface area contributed by atoms with E-state index in [1.807, 2.05) is 4.68 Å². The average Bonchev–Trinajstić information content (AvgIpc) is 3.02. The van der Waals surface area contributed by atoms with Crippen LogP contribution in [0.4, 0.5) is 0 Å². The summed E-state index contributed by atoms with van der Waals surface area (Å²) in [5, 5.41) is 8.03. The largest absolute Gasteiger partial charge is 0.316 e. The van der Waals surface area contributed by atoms with Crippen molar-refractivity contribution >= 4 is 0 Å². The topological polar surface area (TPSA) is 29.9 Å². The maximum atomic E-state index is 4.46. The molecule has 2 fully saturated rings. The summed E-state index contributed by atoms with van der Waals surface area (Å²) in [7, 11) is 4.19. The SMILES string of the molecule is CNC(Cc1cc(C)nn1C)C1CC2CCC1C2. The van der Waals surface area contributed by atoms with Crippen molar-refractivity contribution in [2.45, 2.75) is 45.1 Å². The summed E-state index contributed by atoms with van der Waals surface area (Å²) in [5.41, 5.74) is 2.50. The lowest BCUT2D eigenvalue weighted by atomic mass is 9.81. The molecule has 4 unspecified atom stereocenters. The van der Waals surface area contributed by atoms with Gasteiger partial charge in [0.15, 0.2) is 0 Å². The Morgan fingerprint density at radius 3 is 2.78 bits per heavy atom. The molecule has 100 valence electrons. The van der Waals surface area contributed by atoms with Crippen LogP contribution in [0, 0.1) is 24.7 Å². The summed E-state index contributed by atoms with van der Waals surface area (Å²) in [6.07, 6.45) is 7.03. The number of likely N-dealkylation sites (N-methyl/N-ethyl adjacent to an activating group) is 1. The maximum Gasteiger partial charge on any atom is 0.0596 e. The molecule has 2 bridgehead atoms. The van der Waals surface area contributed by atoms with Crippen LogP contribution in [-0.2, 0) is 13.5 Å². The Bertz CT molecular complexity index is 423. The van der Waals surface area contributed by atoms with Gasteiger partial charge in [-0.2, -0.15) is 5.10 Å². The second-order valence-electron chi connectivity index (χ2n) is 6.34. The standard InChI is InChI=1S/C15H25N3/c1-10-6-13(18(3)17-10)9-15(16-2)14-8-11-4-5-12(14)7-11/h6,11-12,14-16H,4-5,7-9H2,1-3H3. The van der Waals surface area contributed by atoms with Gasteiger partial charge < -0.3 is 5.32 Å². The minimum atomic E-state index is 0.634. The first-order valence-electron chi connectivity index (χ1n) is 7.34. The van der Waals surface area contributed by atoms with Crippen LogP contribution in [0.3, 0.4) is 0 Å². The van der Waals surface area contributed by atoms with Crippen molar-refractivity contribution in [3.63, 3.8) is 0 Å². The molecule has 2 aliphatic carbocycles. The monoisotopic (exact) mass is 247 g/mol. The Kier molecular flexibility index (Phi) is 3.18. The Morgan fingerprint density at radius 1 is 1.44 bits per heavy atom. The van der Waals surface area contributed by atoms with Gasteiger partial charge in [-0.05, 0) is 57.1 Å². The van der Waals surface area contributed by atoms with E-state index in [0.29, 0.717) is 6.04 Å². The van der Waals surface area contributed by atoms with Crippen LogP contribution in [0.2, 0.25) is 0 Å². The van der Waals surface area contributed by atoms with Crippen molar-refractivity contribution in [1.82, 2.24) is 15.1 Å². The van der Waals surface area contributed by atoms with Gasteiger partial charge in [-0.1, -0.05) is 6.42 Å². The van der Waals surface area contributed by atoms with E-state index in [1.165, 1.54) is 31.4 Å². The van der Waals surface area contributed by atoms with Crippen molar-refractivity contribution in [3.8, 4) is 0 Å². The van der Waals surface area contributed by atoms with E-state index in [1.54, 1.807) is 0 Å². The van der Waals surface area contributed by atoms with Gasteiger partial charge in [0.25, 0.3) is 0 Å². The maximum absolute atomic E-state index is 4.46. The predicted octanol–water partition coefficient (Wildman–Crippen LogP) is 2.30. The van der Waals surface area contributed by atoms with Gasteiger partial charge in [-0.25, -0.2) is 0 Å². The molecule has 0 radical (unpaired) electrons. The number of fused-ring (bicyclic) bond motifs is 2. The van der Waals surface area contributed by atoms with Crippen LogP contribution >= 0.6 is 0 Å². The minimum absolute atomic E-state index is 0.634. The lowest BCUT2D eigenvalue weighted by Crippen LogP contribution is -2.38. The van der Waals surface area contributed by atoms with Gasteiger partial charge in [0.1, 0.15) is 0 Å². The van der Waals surface area contributed by atoms with Gasteiger partial charge in [0.2, 0.25) is 0 Å². The van der Waals surface area contributed by atoms with Crippen LogP contribution in [-0.4, -0.2) is 22.9 Å². The summed E-state index contributed by atoms with van der Waals surface area (Å²) in [6, 6.07) is 2.87. The van der Waals surface area contributed by atoms with Crippen molar-refractivity contribution in [2.75, 3.05) is 7.05 Å². The van der Waals surface area contributed by atoms with E-state index >= 15 is 0 Å². The quantitative estimate of drug-likeness (QED) is 0.884. The number of hydrogen-bond acceptors (Lipinski definition) is 2. The van der Waals surface area contributed by atoms with Crippen LogP contribution in [0.5, 0.6) is 0 Å². The Hall–Kier alpha value is -0.830. The third kappa shape index (κ3) is 2.09. The molecule has 1 heterocycles. The van der Waals surface area contributed by atoms with E-state index in [9.17, 15) is 0 Å². The molecule has 3 nitrogen and oxygen atoms in total. The lowest BCUT2D eigenvalue weighted by Gasteiger charge is -2.30. The second kappa shape index (κ2) is 4.69. The fourth-order valence-electron chi connectivity index (χ4n) is 4.33. The number of rotatable bonds is 4. The zero-order chi connectivity index (χ0) is 12.7. The minimum Gasteiger partial charge on any atom is -0.316 e. The first-order valence-corrected chi connectivity index (χ1v) is 7.34.